The van der Waals surface area contributed by atoms with Gasteiger partial charge in [0.25, 0.3) is 0 Å². The molecule has 1 aliphatic heterocycles. The Kier molecular flexibility index (Phi) is 3.72. The average Bonchev–Trinajstić information content (AvgIpc) is 3.13. The van der Waals surface area contributed by atoms with Gasteiger partial charge < -0.3 is 9.47 Å². The van der Waals surface area contributed by atoms with E-state index in [0.717, 1.165) is 24.7 Å². The second kappa shape index (κ2) is 5.57. The quantitative estimate of drug-likeness (QED) is 0.853. The van der Waals surface area contributed by atoms with Gasteiger partial charge in [-0.2, -0.15) is 18.4 Å². The molecule has 1 aromatic carbocycles. The maximum atomic E-state index is 12.9. The van der Waals surface area contributed by atoms with Gasteiger partial charge >= 0.3 is 6.18 Å². The summed E-state index contributed by atoms with van der Waals surface area (Å²) in [5.41, 5.74) is -0.670. The highest BCUT2D eigenvalue weighted by molar-refractivity contribution is 5.56. The lowest BCUT2D eigenvalue weighted by Crippen LogP contribution is -2.25. The van der Waals surface area contributed by atoms with Gasteiger partial charge in [0.15, 0.2) is 5.82 Å². The van der Waals surface area contributed by atoms with Crippen molar-refractivity contribution in [2.24, 2.45) is 7.05 Å². The lowest BCUT2D eigenvalue weighted by atomic mass is 10.1. The topological polar surface area (TPSA) is 57.7 Å². The molecular formula is C15H14F3N5. The monoisotopic (exact) mass is 321 g/mol. The van der Waals surface area contributed by atoms with E-state index in [2.05, 4.69) is 10.2 Å². The summed E-state index contributed by atoms with van der Waals surface area (Å²) in [6, 6.07) is 5.29. The molecule has 23 heavy (non-hydrogen) atoms. The molecule has 2 heterocycles. The molecule has 0 unspecified atom stereocenters. The fourth-order valence-electron chi connectivity index (χ4n) is 2.99. The van der Waals surface area contributed by atoms with Crippen molar-refractivity contribution in [1.82, 2.24) is 14.8 Å². The Morgan fingerprint density at radius 2 is 2.13 bits per heavy atom. The molecule has 0 bridgehead atoms. The molecule has 1 saturated heterocycles. The van der Waals surface area contributed by atoms with Crippen molar-refractivity contribution in [2.75, 3.05) is 11.4 Å². The lowest BCUT2D eigenvalue weighted by Gasteiger charge is -2.26. The van der Waals surface area contributed by atoms with E-state index in [1.54, 1.807) is 17.0 Å². The third kappa shape index (κ3) is 2.74. The van der Waals surface area contributed by atoms with Crippen LogP contribution in [0, 0.1) is 11.3 Å². The fourth-order valence-corrected chi connectivity index (χ4v) is 2.99. The Morgan fingerprint density at radius 3 is 2.74 bits per heavy atom. The van der Waals surface area contributed by atoms with Gasteiger partial charge in [0.2, 0.25) is 0 Å². The first-order valence-corrected chi connectivity index (χ1v) is 7.13. The van der Waals surface area contributed by atoms with Crippen LogP contribution in [-0.2, 0) is 13.2 Å². The van der Waals surface area contributed by atoms with Crippen molar-refractivity contribution < 1.29 is 13.2 Å². The molecule has 8 heteroatoms. The minimum Gasteiger partial charge on any atom is -0.361 e. The summed E-state index contributed by atoms with van der Waals surface area (Å²) in [5, 5.41) is 17.0. The van der Waals surface area contributed by atoms with Crippen LogP contribution in [0.25, 0.3) is 0 Å². The number of aromatic nitrogens is 3. The molecule has 0 aliphatic carbocycles. The highest BCUT2D eigenvalue weighted by Gasteiger charge is 2.35. The Balaban J connectivity index is 1.98. The number of aryl methyl sites for hydroxylation is 1. The Bertz CT molecular complexity index is 759. The maximum absolute atomic E-state index is 12.9. The molecule has 2 aromatic rings. The van der Waals surface area contributed by atoms with Gasteiger partial charge in [-0.3, -0.25) is 0 Å². The molecule has 0 saturated carbocycles. The first kappa shape index (κ1) is 15.3. The molecule has 120 valence electrons. The van der Waals surface area contributed by atoms with E-state index < -0.39 is 11.7 Å². The highest BCUT2D eigenvalue weighted by atomic mass is 19.4. The van der Waals surface area contributed by atoms with Gasteiger partial charge in [0.1, 0.15) is 6.33 Å². The smallest absolute Gasteiger partial charge is 0.361 e. The Hall–Kier alpha value is -2.56. The number of rotatable bonds is 2. The zero-order chi connectivity index (χ0) is 16.6. The Labute approximate surface area is 131 Å². The molecule has 0 spiro atoms. The zero-order valence-corrected chi connectivity index (χ0v) is 12.4. The number of anilines is 1. The van der Waals surface area contributed by atoms with Crippen molar-refractivity contribution in [3.8, 4) is 6.07 Å². The van der Waals surface area contributed by atoms with E-state index in [1.165, 1.54) is 12.1 Å². The van der Waals surface area contributed by atoms with Gasteiger partial charge in [-0.05, 0) is 31.0 Å². The predicted molar refractivity (Wildman–Crippen MR) is 76.5 cm³/mol. The largest absolute Gasteiger partial charge is 0.417 e. The van der Waals surface area contributed by atoms with E-state index in [4.69, 9.17) is 5.26 Å². The number of halogens is 3. The zero-order valence-electron chi connectivity index (χ0n) is 12.4. The van der Waals surface area contributed by atoms with E-state index in [0.29, 0.717) is 12.2 Å². The predicted octanol–water partition coefficient (Wildman–Crippen LogP) is 3.05. The normalized spacial score (nSPS) is 18.2. The average molecular weight is 321 g/mol. The molecule has 0 amide bonds. The van der Waals surface area contributed by atoms with E-state index in [1.807, 2.05) is 11.9 Å². The molecule has 0 N–H and O–H groups in total. The van der Waals surface area contributed by atoms with Crippen molar-refractivity contribution in [3.05, 3.63) is 41.5 Å². The standard InChI is InChI=1S/C15H14F3N5/c1-22-9-20-21-14(22)13-3-2-6-23(13)11-4-5-12(15(16,17)18)10(7-11)8-19/h4-5,7,9,13H,2-3,6H2,1H3/t13-/m1/s1. The number of nitrogens with zero attached hydrogens (tertiary/aromatic N) is 5. The molecule has 1 atom stereocenters. The van der Waals surface area contributed by atoms with Crippen LogP contribution < -0.4 is 4.90 Å². The lowest BCUT2D eigenvalue weighted by molar-refractivity contribution is -0.137. The van der Waals surface area contributed by atoms with Crippen LogP contribution >= 0.6 is 0 Å². The Morgan fingerprint density at radius 1 is 1.35 bits per heavy atom. The highest BCUT2D eigenvalue weighted by Crippen LogP contribution is 2.38. The third-order valence-corrected chi connectivity index (χ3v) is 4.06. The number of hydrogen-bond donors (Lipinski definition) is 0. The number of benzene rings is 1. The fraction of sp³-hybridized carbons (Fsp3) is 0.400. The first-order chi connectivity index (χ1) is 10.9. The minimum absolute atomic E-state index is 0.0502. The van der Waals surface area contributed by atoms with Crippen LogP contribution in [0.4, 0.5) is 18.9 Å². The summed E-state index contributed by atoms with van der Waals surface area (Å²) < 4.78 is 40.5. The van der Waals surface area contributed by atoms with Crippen molar-refractivity contribution in [1.29, 1.82) is 5.26 Å². The van der Waals surface area contributed by atoms with Crippen LogP contribution in [0.2, 0.25) is 0 Å². The molecule has 1 aromatic heterocycles. The van der Waals surface area contributed by atoms with Crippen LogP contribution in [0.3, 0.4) is 0 Å². The second-order valence-corrected chi connectivity index (χ2v) is 5.49. The number of hydrogen-bond acceptors (Lipinski definition) is 4. The molecular weight excluding hydrogens is 307 g/mol. The molecule has 3 rings (SSSR count). The van der Waals surface area contributed by atoms with E-state index in [-0.39, 0.29) is 11.6 Å². The maximum Gasteiger partial charge on any atom is 0.417 e. The number of alkyl halides is 3. The van der Waals surface area contributed by atoms with Crippen molar-refractivity contribution in [2.45, 2.75) is 25.1 Å². The molecule has 1 fully saturated rings. The summed E-state index contributed by atoms with van der Waals surface area (Å²) in [6.45, 7) is 0.702. The summed E-state index contributed by atoms with van der Waals surface area (Å²) in [7, 11) is 1.83. The van der Waals surface area contributed by atoms with Crippen LogP contribution in [0.15, 0.2) is 24.5 Å². The van der Waals surface area contributed by atoms with Crippen LogP contribution in [-0.4, -0.2) is 21.3 Å². The van der Waals surface area contributed by atoms with Gasteiger partial charge in [0, 0.05) is 19.3 Å². The van der Waals surface area contributed by atoms with Gasteiger partial charge in [0.05, 0.1) is 23.2 Å². The van der Waals surface area contributed by atoms with Crippen molar-refractivity contribution in [3.63, 3.8) is 0 Å². The third-order valence-electron chi connectivity index (χ3n) is 4.06. The van der Waals surface area contributed by atoms with Gasteiger partial charge in [-0.15, -0.1) is 10.2 Å². The van der Waals surface area contributed by atoms with Gasteiger partial charge in [-0.1, -0.05) is 0 Å². The first-order valence-electron chi connectivity index (χ1n) is 7.13. The second-order valence-electron chi connectivity index (χ2n) is 5.49. The van der Waals surface area contributed by atoms with E-state index >= 15 is 0 Å². The summed E-state index contributed by atoms with van der Waals surface area (Å²) in [5.74, 6) is 0.765. The van der Waals surface area contributed by atoms with Crippen LogP contribution in [0.5, 0.6) is 0 Å². The summed E-state index contributed by atoms with van der Waals surface area (Å²) in [4.78, 5) is 1.98. The van der Waals surface area contributed by atoms with Crippen LogP contribution in [0.1, 0.15) is 35.8 Å². The minimum atomic E-state index is -4.53. The summed E-state index contributed by atoms with van der Waals surface area (Å²) in [6.07, 6.45) is -1.19. The summed E-state index contributed by atoms with van der Waals surface area (Å²) >= 11 is 0. The van der Waals surface area contributed by atoms with E-state index in [9.17, 15) is 13.2 Å². The SMILES string of the molecule is Cn1cnnc1[C@H]1CCCN1c1ccc(C(F)(F)F)c(C#N)c1. The molecule has 1 aliphatic rings. The molecule has 5 nitrogen and oxygen atoms in total. The van der Waals surface area contributed by atoms with Gasteiger partial charge in [-0.25, -0.2) is 0 Å². The molecule has 0 radical (unpaired) electrons. The number of nitriles is 1. The van der Waals surface area contributed by atoms with Crippen molar-refractivity contribution >= 4 is 5.69 Å².